The summed E-state index contributed by atoms with van der Waals surface area (Å²) in [4.78, 5) is 3.73. The minimum absolute atomic E-state index is 0.536. The zero-order chi connectivity index (χ0) is 14.5. The molecule has 0 amide bonds. The van der Waals surface area contributed by atoms with E-state index in [0.29, 0.717) is 5.92 Å². The molecule has 6 heteroatoms. The molecule has 0 aromatic heterocycles. The summed E-state index contributed by atoms with van der Waals surface area (Å²) in [6.07, 6.45) is 8.98. The van der Waals surface area contributed by atoms with E-state index in [1.54, 1.807) is 4.90 Å². The van der Waals surface area contributed by atoms with E-state index in [1.807, 2.05) is 24.3 Å². The number of nitrogens with zero attached hydrogens (tertiary/aromatic N) is 2. The van der Waals surface area contributed by atoms with Gasteiger partial charge in [0.25, 0.3) is 10.1 Å². The molecule has 5 nitrogen and oxygen atoms in total. The summed E-state index contributed by atoms with van der Waals surface area (Å²) in [6, 6.07) is 0. The lowest BCUT2D eigenvalue weighted by molar-refractivity contribution is -0.0154. The summed E-state index contributed by atoms with van der Waals surface area (Å²) in [5.74, 6) is 0.571. The molecule has 0 radical (unpaired) electrons. The predicted octanol–water partition coefficient (Wildman–Crippen LogP) is 2.18. The molecule has 2 unspecified atom stereocenters. The second kappa shape index (κ2) is 7.14. The van der Waals surface area contributed by atoms with Crippen LogP contribution in [0, 0.1) is 5.92 Å². The average molecular weight is 290 g/mol. The number of hydrogen-bond acceptors (Lipinski definition) is 5. The molecular weight excluding hydrogens is 264 g/mol. The van der Waals surface area contributed by atoms with Crippen LogP contribution >= 0.6 is 0 Å². The monoisotopic (exact) mass is 290 g/mol. The number of hydrogen-bond donors (Lipinski definition) is 0. The van der Waals surface area contributed by atoms with Gasteiger partial charge in [0.15, 0.2) is 0 Å². The Bertz CT molecular complexity index is 395. The lowest BCUT2D eigenvalue weighted by atomic mass is 9.99. The normalized spacial score (nSPS) is 21.2. The Labute approximate surface area is 117 Å². The highest BCUT2D eigenvalue weighted by molar-refractivity contribution is 7.86. The van der Waals surface area contributed by atoms with Gasteiger partial charge in [-0.3, -0.25) is 0 Å². The molecule has 0 N–H and O–H groups in total. The van der Waals surface area contributed by atoms with Crippen LogP contribution in [0.3, 0.4) is 0 Å². The molecule has 0 bridgehead atoms. The Hall–Kier alpha value is -0.750. The standard InChI is InChI=1S/C13H26N2O3S/c1-5-7-8-12(6-2)11-15-10-9-14(3)13(15)18-19(4,16)17/h9-10,12-13H,5-8,11H2,1-4H3. The van der Waals surface area contributed by atoms with Crippen LogP contribution in [0.15, 0.2) is 12.4 Å². The first-order valence-electron chi connectivity index (χ1n) is 6.91. The van der Waals surface area contributed by atoms with Crippen molar-refractivity contribution in [2.24, 2.45) is 5.92 Å². The first-order chi connectivity index (χ1) is 8.87. The van der Waals surface area contributed by atoms with E-state index in [-0.39, 0.29) is 0 Å². The number of unbranched alkanes of at least 4 members (excludes halogenated alkanes) is 1. The van der Waals surface area contributed by atoms with E-state index in [1.165, 1.54) is 19.3 Å². The van der Waals surface area contributed by atoms with E-state index in [0.717, 1.165) is 19.2 Å². The van der Waals surface area contributed by atoms with Gasteiger partial charge in [0.05, 0.1) is 6.26 Å². The Kier molecular flexibility index (Phi) is 6.13. The molecule has 0 fully saturated rings. The lowest BCUT2D eigenvalue weighted by Gasteiger charge is -2.31. The van der Waals surface area contributed by atoms with Crippen LogP contribution in [0.5, 0.6) is 0 Å². The quantitative estimate of drug-likeness (QED) is 0.641. The van der Waals surface area contributed by atoms with Crippen LogP contribution in [-0.2, 0) is 14.3 Å². The Morgan fingerprint density at radius 2 is 2.00 bits per heavy atom. The highest BCUT2D eigenvalue weighted by Crippen LogP contribution is 2.22. The Morgan fingerprint density at radius 1 is 1.32 bits per heavy atom. The maximum Gasteiger partial charge on any atom is 0.267 e. The van der Waals surface area contributed by atoms with Gasteiger partial charge in [-0.25, -0.2) is 4.18 Å². The molecular formula is C13H26N2O3S. The summed E-state index contributed by atoms with van der Waals surface area (Å²) >= 11 is 0. The van der Waals surface area contributed by atoms with Crippen molar-refractivity contribution < 1.29 is 12.6 Å². The van der Waals surface area contributed by atoms with Crippen LogP contribution in [0.25, 0.3) is 0 Å². The number of rotatable bonds is 8. The third-order valence-corrected chi connectivity index (χ3v) is 3.92. The van der Waals surface area contributed by atoms with Crippen molar-refractivity contribution in [1.82, 2.24) is 9.80 Å². The van der Waals surface area contributed by atoms with Crippen LogP contribution in [0.4, 0.5) is 0 Å². The Balaban J connectivity index is 2.61. The summed E-state index contributed by atoms with van der Waals surface area (Å²) in [5, 5.41) is 0. The lowest BCUT2D eigenvalue weighted by Crippen LogP contribution is -2.42. The van der Waals surface area contributed by atoms with Gasteiger partial charge in [-0.05, 0) is 12.3 Å². The predicted molar refractivity (Wildman–Crippen MR) is 76.6 cm³/mol. The average Bonchev–Trinajstić information content (AvgIpc) is 2.64. The van der Waals surface area contributed by atoms with Crippen LogP contribution in [0.2, 0.25) is 0 Å². The van der Waals surface area contributed by atoms with Crippen LogP contribution in [0.1, 0.15) is 39.5 Å². The van der Waals surface area contributed by atoms with E-state index in [2.05, 4.69) is 13.8 Å². The maximum atomic E-state index is 11.3. The van der Waals surface area contributed by atoms with Gasteiger partial charge in [0.1, 0.15) is 0 Å². The molecule has 19 heavy (non-hydrogen) atoms. The minimum atomic E-state index is -3.46. The second-order valence-corrected chi connectivity index (χ2v) is 6.80. The molecule has 0 aromatic rings. The molecule has 2 atom stereocenters. The van der Waals surface area contributed by atoms with Gasteiger partial charge in [-0.1, -0.05) is 33.1 Å². The molecule has 112 valence electrons. The van der Waals surface area contributed by atoms with E-state index >= 15 is 0 Å². The summed E-state index contributed by atoms with van der Waals surface area (Å²) in [5.41, 5.74) is 0. The molecule has 1 aliphatic rings. The fourth-order valence-electron chi connectivity index (χ4n) is 2.22. The van der Waals surface area contributed by atoms with Crippen molar-refractivity contribution in [2.45, 2.75) is 45.9 Å². The van der Waals surface area contributed by atoms with Gasteiger partial charge < -0.3 is 9.80 Å². The summed E-state index contributed by atoms with van der Waals surface area (Å²) < 4.78 is 27.7. The maximum absolute atomic E-state index is 11.3. The zero-order valence-corrected chi connectivity index (χ0v) is 13.2. The molecule has 1 rings (SSSR count). The first-order valence-corrected chi connectivity index (χ1v) is 8.73. The topological polar surface area (TPSA) is 49.9 Å². The van der Waals surface area contributed by atoms with E-state index in [4.69, 9.17) is 4.18 Å². The minimum Gasteiger partial charge on any atom is -0.336 e. The van der Waals surface area contributed by atoms with Crippen LogP contribution in [-0.4, -0.2) is 44.4 Å². The van der Waals surface area contributed by atoms with Gasteiger partial charge in [0, 0.05) is 26.0 Å². The van der Waals surface area contributed by atoms with Gasteiger partial charge >= 0.3 is 0 Å². The van der Waals surface area contributed by atoms with Crippen molar-refractivity contribution in [3.63, 3.8) is 0 Å². The fourth-order valence-corrected chi connectivity index (χ4v) is 2.78. The first kappa shape index (κ1) is 16.3. The second-order valence-electron chi connectivity index (χ2n) is 5.20. The highest BCUT2D eigenvalue weighted by atomic mass is 32.2. The molecule has 1 heterocycles. The summed E-state index contributed by atoms with van der Waals surface area (Å²) in [7, 11) is -1.64. The van der Waals surface area contributed by atoms with Gasteiger partial charge in [0.2, 0.25) is 6.35 Å². The van der Waals surface area contributed by atoms with E-state index in [9.17, 15) is 8.42 Å². The van der Waals surface area contributed by atoms with Gasteiger partial charge in [-0.2, -0.15) is 8.42 Å². The van der Waals surface area contributed by atoms with Crippen molar-refractivity contribution >= 4 is 10.1 Å². The molecule has 1 aliphatic heterocycles. The SMILES string of the molecule is CCCCC(CC)CN1C=CN(C)C1OS(C)(=O)=O. The summed E-state index contributed by atoms with van der Waals surface area (Å²) in [6.45, 7) is 5.19. The largest absolute Gasteiger partial charge is 0.336 e. The third kappa shape index (κ3) is 5.40. The molecule has 0 aromatic carbocycles. The third-order valence-electron chi connectivity index (χ3n) is 3.40. The zero-order valence-electron chi connectivity index (χ0n) is 12.4. The smallest absolute Gasteiger partial charge is 0.267 e. The van der Waals surface area contributed by atoms with Gasteiger partial charge in [-0.15, -0.1) is 0 Å². The van der Waals surface area contributed by atoms with Crippen LogP contribution < -0.4 is 0 Å². The molecule has 0 spiro atoms. The molecule has 0 aliphatic carbocycles. The van der Waals surface area contributed by atoms with Crippen molar-refractivity contribution in [1.29, 1.82) is 0 Å². The van der Waals surface area contributed by atoms with E-state index < -0.39 is 16.5 Å². The molecule has 0 saturated carbocycles. The highest BCUT2D eigenvalue weighted by Gasteiger charge is 2.29. The van der Waals surface area contributed by atoms with Crippen molar-refractivity contribution in [3.8, 4) is 0 Å². The van der Waals surface area contributed by atoms with Crippen molar-refractivity contribution in [3.05, 3.63) is 12.4 Å². The fraction of sp³-hybridized carbons (Fsp3) is 0.846. The van der Waals surface area contributed by atoms with Crippen molar-refractivity contribution in [2.75, 3.05) is 19.8 Å². The molecule has 0 saturated heterocycles. The Morgan fingerprint density at radius 3 is 2.53 bits per heavy atom.